The molecule has 0 aliphatic heterocycles. The number of aromatic nitrogens is 3. The van der Waals surface area contributed by atoms with E-state index in [0.29, 0.717) is 11.6 Å². The van der Waals surface area contributed by atoms with Gasteiger partial charge >= 0.3 is 0 Å². The summed E-state index contributed by atoms with van der Waals surface area (Å²) in [5.74, 6) is 0.636. The number of nitrogens with one attached hydrogen (secondary N) is 1. The van der Waals surface area contributed by atoms with Crippen LogP contribution in [0.15, 0.2) is 46.9 Å². The number of halogens is 1. The number of carbonyl (C=O) groups excluding carboxylic acids is 1. The smallest absolute Gasteiger partial charge is 0.230 e. The highest BCUT2D eigenvalue weighted by Gasteiger charge is 2.30. The Labute approximate surface area is 158 Å². The third-order valence-electron chi connectivity index (χ3n) is 4.08. The van der Waals surface area contributed by atoms with Crippen LogP contribution in [0.5, 0.6) is 0 Å². The molecule has 1 fully saturated rings. The molecular formula is C18H17FN4OS2. The van der Waals surface area contributed by atoms with Gasteiger partial charge in [0.25, 0.3) is 0 Å². The molecule has 3 aromatic rings. The lowest BCUT2D eigenvalue weighted by Crippen LogP contribution is -2.25. The summed E-state index contributed by atoms with van der Waals surface area (Å²) in [6.45, 7) is 0.182. The van der Waals surface area contributed by atoms with Crippen molar-refractivity contribution in [3.05, 3.63) is 53.2 Å². The molecule has 1 aliphatic carbocycles. The summed E-state index contributed by atoms with van der Waals surface area (Å²) < 4.78 is 15.7. The van der Waals surface area contributed by atoms with Crippen molar-refractivity contribution in [1.29, 1.82) is 0 Å². The standard InChI is InChI=1S/C18H17FN4OS2/c19-14-5-2-1-4-12(14)10-20-16(24)11-26-18-22-21-17(15-6-3-9-25-15)23(18)13-7-8-13/h1-6,9,13H,7-8,10-11H2,(H,20,24). The van der Waals surface area contributed by atoms with Gasteiger partial charge in [-0.1, -0.05) is 36.0 Å². The Hall–Kier alpha value is -2.19. The minimum atomic E-state index is -0.311. The second kappa shape index (κ2) is 7.59. The zero-order chi connectivity index (χ0) is 17.9. The van der Waals surface area contributed by atoms with Gasteiger partial charge in [-0.2, -0.15) is 0 Å². The van der Waals surface area contributed by atoms with Gasteiger partial charge in [0.2, 0.25) is 5.91 Å². The van der Waals surface area contributed by atoms with E-state index >= 15 is 0 Å². The molecule has 1 aliphatic rings. The van der Waals surface area contributed by atoms with Crippen LogP contribution in [0.3, 0.4) is 0 Å². The summed E-state index contributed by atoms with van der Waals surface area (Å²) in [5, 5.41) is 14.1. The molecule has 0 atom stereocenters. The largest absolute Gasteiger partial charge is 0.351 e. The number of rotatable bonds is 7. The SMILES string of the molecule is O=C(CSc1nnc(-c2cccs2)n1C1CC1)NCc1ccccc1F. The fraction of sp³-hybridized carbons (Fsp3) is 0.278. The lowest BCUT2D eigenvalue weighted by atomic mass is 10.2. The van der Waals surface area contributed by atoms with Gasteiger partial charge in [0.05, 0.1) is 10.6 Å². The maximum atomic E-state index is 13.6. The molecule has 5 nitrogen and oxygen atoms in total. The molecule has 8 heteroatoms. The zero-order valence-corrected chi connectivity index (χ0v) is 15.5. The van der Waals surface area contributed by atoms with E-state index in [1.165, 1.54) is 17.8 Å². The van der Waals surface area contributed by atoms with Gasteiger partial charge in [-0.3, -0.25) is 9.36 Å². The molecule has 134 valence electrons. The van der Waals surface area contributed by atoms with Crippen molar-refractivity contribution in [2.45, 2.75) is 30.6 Å². The Morgan fingerprint density at radius 3 is 2.85 bits per heavy atom. The number of benzene rings is 1. The van der Waals surface area contributed by atoms with Crippen LogP contribution in [0, 0.1) is 5.82 Å². The third kappa shape index (κ3) is 3.81. The summed E-state index contributed by atoms with van der Waals surface area (Å²) in [7, 11) is 0. The number of hydrogen-bond acceptors (Lipinski definition) is 5. The lowest BCUT2D eigenvalue weighted by molar-refractivity contribution is -0.118. The van der Waals surface area contributed by atoms with Gasteiger partial charge in [-0.05, 0) is 30.4 Å². The molecule has 2 aromatic heterocycles. The molecule has 4 rings (SSSR count). The van der Waals surface area contributed by atoms with Crippen LogP contribution in [0.1, 0.15) is 24.4 Å². The van der Waals surface area contributed by atoms with Crippen LogP contribution in [-0.2, 0) is 11.3 Å². The summed E-state index contributed by atoms with van der Waals surface area (Å²) >= 11 is 3.00. The maximum Gasteiger partial charge on any atom is 0.230 e. The van der Waals surface area contributed by atoms with E-state index in [0.717, 1.165) is 28.7 Å². The number of carbonyl (C=O) groups is 1. The van der Waals surface area contributed by atoms with Crippen LogP contribution in [-0.4, -0.2) is 26.4 Å². The highest BCUT2D eigenvalue weighted by molar-refractivity contribution is 7.99. The van der Waals surface area contributed by atoms with Crippen molar-refractivity contribution in [2.24, 2.45) is 0 Å². The fourth-order valence-corrected chi connectivity index (χ4v) is 4.17. The minimum Gasteiger partial charge on any atom is -0.351 e. The van der Waals surface area contributed by atoms with Crippen molar-refractivity contribution in [2.75, 3.05) is 5.75 Å². The van der Waals surface area contributed by atoms with E-state index < -0.39 is 0 Å². The maximum absolute atomic E-state index is 13.6. The molecule has 0 bridgehead atoms. The molecule has 1 saturated carbocycles. The van der Waals surface area contributed by atoms with Crippen LogP contribution in [0.25, 0.3) is 10.7 Å². The quantitative estimate of drug-likeness (QED) is 0.624. The molecule has 0 unspecified atom stereocenters. The first-order chi connectivity index (χ1) is 12.7. The third-order valence-corrected chi connectivity index (χ3v) is 5.89. The van der Waals surface area contributed by atoms with E-state index in [9.17, 15) is 9.18 Å². The lowest BCUT2D eigenvalue weighted by Gasteiger charge is -2.08. The van der Waals surface area contributed by atoms with Crippen LogP contribution < -0.4 is 5.32 Å². The Balaban J connectivity index is 1.39. The molecular weight excluding hydrogens is 371 g/mol. The fourth-order valence-electron chi connectivity index (χ4n) is 2.63. The van der Waals surface area contributed by atoms with E-state index in [1.807, 2.05) is 17.5 Å². The van der Waals surface area contributed by atoms with Crippen molar-refractivity contribution in [1.82, 2.24) is 20.1 Å². The van der Waals surface area contributed by atoms with E-state index in [4.69, 9.17) is 0 Å². The van der Waals surface area contributed by atoms with Gasteiger partial charge in [0.1, 0.15) is 5.82 Å². The Bertz CT molecular complexity index is 906. The number of amides is 1. The van der Waals surface area contributed by atoms with Gasteiger partial charge < -0.3 is 5.32 Å². The summed E-state index contributed by atoms with van der Waals surface area (Å²) in [5.41, 5.74) is 0.479. The highest BCUT2D eigenvalue weighted by atomic mass is 32.2. The monoisotopic (exact) mass is 388 g/mol. The molecule has 1 N–H and O–H groups in total. The van der Waals surface area contributed by atoms with Crippen molar-refractivity contribution in [3.63, 3.8) is 0 Å². The van der Waals surface area contributed by atoms with E-state index in [2.05, 4.69) is 20.1 Å². The predicted molar refractivity (Wildman–Crippen MR) is 101 cm³/mol. The van der Waals surface area contributed by atoms with Crippen LogP contribution in [0.4, 0.5) is 4.39 Å². The topological polar surface area (TPSA) is 59.8 Å². The first-order valence-electron chi connectivity index (χ1n) is 8.34. The molecule has 1 aromatic carbocycles. The van der Waals surface area contributed by atoms with Gasteiger partial charge in [0, 0.05) is 18.2 Å². The van der Waals surface area contributed by atoms with E-state index in [1.54, 1.807) is 29.5 Å². The van der Waals surface area contributed by atoms with Gasteiger partial charge in [0.15, 0.2) is 11.0 Å². The van der Waals surface area contributed by atoms with Crippen molar-refractivity contribution in [3.8, 4) is 10.7 Å². The summed E-state index contributed by atoms with van der Waals surface area (Å²) in [4.78, 5) is 13.2. The first-order valence-corrected chi connectivity index (χ1v) is 10.2. The van der Waals surface area contributed by atoms with Gasteiger partial charge in [-0.15, -0.1) is 21.5 Å². The number of hydrogen-bond donors (Lipinski definition) is 1. The molecule has 0 radical (unpaired) electrons. The average molecular weight is 388 g/mol. The zero-order valence-electron chi connectivity index (χ0n) is 13.9. The van der Waals surface area contributed by atoms with Crippen molar-refractivity contribution < 1.29 is 9.18 Å². The normalized spacial score (nSPS) is 13.7. The first kappa shape index (κ1) is 17.2. The molecule has 2 heterocycles. The van der Waals surface area contributed by atoms with Crippen LogP contribution >= 0.6 is 23.1 Å². The number of thioether (sulfide) groups is 1. The highest BCUT2D eigenvalue weighted by Crippen LogP contribution is 2.41. The average Bonchev–Trinajstić information content (AvgIpc) is 3.17. The van der Waals surface area contributed by atoms with Crippen molar-refractivity contribution >= 4 is 29.0 Å². The molecule has 1 amide bonds. The summed E-state index contributed by atoms with van der Waals surface area (Å²) in [6.07, 6.45) is 2.23. The van der Waals surface area contributed by atoms with Gasteiger partial charge in [-0.25, -0.2) is 4.39 Å². The summed E-state index contributed by atoms with van der Waals surface area (Å²) in [6, 6.07) is 10.9. The number of thiophene rings is 1. The van der Waals surface area contributed by atoms with Crippen LogP contribution in [0.2, 0.25) is 0 Å². The second-order valence-electron chi connectivity index (χ2n) is 6.04. The predicted octanol–water partition coefficient (Wildman–Crippen LogP) is 3.89. The number of nitrogens with zero attached hydrogens (tertiary/aromatic N) is 3. The minimum absolute atomic E-state index is 0.152. The Morgan fingerprint density at radius 2 is 2.12 bits per heavy atom. The molecule has 0 spiro atoms. The van der Waals surface area contributed by atoms with E-state index in [-0.39, 0.29) is 24.0 Å². The molecule has 26 heavy (non-hydrogen) atoms. The second-order valence-corrected chi connectivity index (χ2v) is 7.93. The Kier molecular flexibility index (Phi) is 5.03. The Morgan fingerprint density at radius 1 is 1.27 bits per heavy atom. The molecule has 0 saturated heterocycles.